The summed E-state index contributed by atoms with van der Waals surface area (Å²) in [6.07, 6.45) is 5.75. The van der Waals surface area contributed by atoms with Gasteiger partial charge in [-0.1, -0.05) is 6.92 Å². The normalized spacial score (nSPS) is 19.7. The highest BCUT2D eigenvalue weighted by atomic mass is 16.6. The van der Waals surface area contributed by atoms with Crippen molar-refractivity contribution >= 4 is 12.1 Å². The van der Waals surface area contributed by atoms with Gasteiger partial charge in [-0.3, -0.25) is 4.99 Å². The van der Waals surface area contributed by atoms with Crippen LogP contribution in [-0.2, 0) is 4.74 Å². The Labute approximate surface area is 164 Å². The topological polar surface area (TPSA) is 69.2 Å². The summed E-state index contributed by atoms with van der Waals surface area (Å²) in [6.45, 7) is 12.1. The molecule has 1 aliphatic heterocycles. The van der Waals surface area contributed by atoms with Gasteiger partial charge in [0.15, 0.2) is 5.96 Å². The molecule has 7 nitrogen and oxygen atoms in total. The molecule has 0 aromatic rings. The summed E-state index contributed by atoms with van der Waals surface area (Å²) in [5.41, 5.74) is -0.469. The van der Waals surface area contributed by atoms with E-state index < -0.39 is 5.60 Å². The standard InChI is InChI=1S/C20H39N5O2/c1-6-12-25(19(26)27-20(2,3)4)15-11-22-18(21-5)23-16-9-13-24(14-10-16)17-7-8-17/h16-17H,6-15H2,1-5H3,(H2,21,22,23). The van der Waals surface area contributed by atoms with Gasteiger partial charge in [0.1, 0.15) is 5.60 Å². The molecule has 0 aromatic carbocycles. The van der Waals surface area contributed by atoms with E-state index in [4.69, 9.17) is 4.74 Å². The summed E-state index contributed by atoms with van der Waals surface area (Å²) in [4.78, 5) is 21.1. The third-order valence-electron chi connectivity index (χ3n) is 4.98. The molecule has 2 aliphatic rings. The monoisotopic (exact) mass is 381 g/mol. The van der Waals surface area contributed by atoms with Crippen LogP contribution in [0.25, 0.3) is 0 Å². The van der Waals surface area contributed by atoms with Crippen LogP contribution in [0, 0.1) is 0 Å². The lowest BCUT2D eigenvalue weighted by molar-refractivity contribution is 0.0253. The Hall–Kier alpha value is -1.50. The van der Waals surface area contributed by atoms with Crippen molar-refractivity contribution in [3.63, 3.8) is 0 Å². The Balaban J connectivity index is 1.71. The van der Waals surface area contributed by atoms with E-state index in [1.165, 1.54) is 25.9 Å². The molecule has 0 unspecified atom stereocenters. The first-order chi connectivity index (χ1) is 12.8. The maximum Gasteiger partial charge on any atom is 0.410 e. The maximum atomic E-state index is 12.3. The minimum Gasteiger partial charge on any atom is -0.444 e. The van der Waals surface area contributed by atoms with Crippen molar-refractivity contribution in [2.75, 3.05) is 39.8 Å². The summed E-state index contributed by atoms with van der Waals surface area (Å²) < 4.78 is 5.50. The maximum absolute atomic E-state index is 12.3. The average Bonchev–Trinajstić information content (AvgIpc) is 3.44. The smallest absolute Gasteiger partial charge is 0.410 e. The Kier molecular flexibility index (Phi) is 8.20. The van der Waals surface area contributed by atoms with Gasteiger partial charge in [0.05, 0.1) is 0 Å². The fourth-order valence-electron chi connectivity index (χ4n) is 3.44. The van der Waals surface area contributed by atoms with Gasteiger partial charge >= 0.3 is 6.09 Å². The highest BCUT2D eigenvalue weighted by molar-refractivity contribution is 5.80. The molecule has 7 heteroatoms. The number of hydrogen-bond donors (Lipinski definition) is 2. The number of piperidine rings is 1. The first kappa shape index (κ1) is 21.8. The number of ether oxygens (including phenoxy) is 1. The van der Waals surface area contributed by atoms with E-state index in [-0.39, 0.29) is 6.09 Å². The zero-order chi connectivity index (χ0) is 19.9. The van der Waals surface area contributed by atoms with Crippen LogP contribution in [-0.4, -0.2) is 79.3 Å². The Morgan fingerprint density at radius 1 is 1.19 bits per heavy atom. The summed E-state index contributed by atoms with van der Waals surface area (Å²) in [5.74, 6) is 0.820. The van der Waals surface area contributed by atoms with Gasteiger partial charge < -0.3 is 25.2 Å². The number of rotatable bonds is 7. The van der Waals surface area contributed by atoms with Crippen molar-refractivity contribution in [3.05, 3.63) is 0 Å². The molecule has 1 amide bonds. The third-order valence-corrected chi connectivity index (χ3v) is 4.98. The van der Waals surface area contributed by atoms with Gasteiger partial charge in [0, 0.05) is 51.9 Å². The van der Waals surface area contributed by atoms with Gasteiger partial charge in [-0.15, -0.1) is 0 Å². The lowest BCUT2D eigenvalue weighted by Crippen LogP contribution is -2.50. The van der Waals surface area contributed by atoms with Crippen LogP contribution in [0.5, 0.6) is 0 Å². The first-order valence-corrected chi connectivity index (χ1v) is 10.5. The fraction of sp³-hybridized carbons (Fsp3) is 0.900. The van der Waals surface area contributed by atoms with Crippen LogP contribution in [0.3, 0.4) is 0 Å². The molecule has 0 spiro atoms. The molecule has 156 valence electrons. The van der Waals surface area contributed by atoms with Gasteiger partial charge in [0.25, 0.3) is 0 Å². The van der Waals surface area contributed by atoms with E-state index >= 15 is 0 Å². The zero-order valence-corrected chi connectivity index (χ0v) is 17.9. The molecular weight excluding hydrogens is 342 g/mol. The number of nitrogens with one attached hydrogen (secondary N) is 2. The highest BCUT2D eigenvalue weighted by Gasteiger charge is 2.31. The molecule has 2 N–H and O–H groups in total. The molecule has 2 rings (SSSR count). The van der Waals surface area contributed by atoms with E-state index in [1.807, 2.05) is 20.8 Å². The lowest BCUT2D eigenvalue weighted by atomic mass is 10.1. The molecule has 0 radical (unpaired) electrons. The van der Waals surface area contributed by atoms with Crippen LogP contribution >= 0.6 is 0 Å². The van der Waals surface area contributed by atoms with E-state index in [0.29, 0.717) is 25.7 Å². The number of nitrogens with zero attached hydrogens (tertiary/aromatic N) is 3. The Bertz CT molecular complexity index is 491. The Morgan fingerprint density at radius 2 is 1.85 bits per heavy atom. The number of carbonyl (C=O) groups excluding carboxylic acids is 1. The van der Waals surface area contributed by atoms with Crippen molar-refractivity contribution < 1.29 is 9.53 Å². The molecule has 2 fully saturated rings. The second kappa shape index (κ2) is 10.2. The molecule has 0 bridgehead atoms. The van der Waals surface area contributed by atoms with E-state index in [0.717, 1.165) is 31.3 Å². The number of amides is 1. The van der Waals surface area contributed by atoms with Crippen molar-refractivity contribution in [1.29, 1.82) is 0 Å². The van der Waals surface area contributed by atoms with Crippen LogP contribution in [0.1, 0.15) is 59.8 Å². The summed E-state index contributed by atoms with van der Waals surface area (Å²) >= 11 is 0. The lowest BCUT2D eigenvalue weighted by Gasteiger charge is -2.33. The quantitative estimate of drug-likeness (QED) is 0.524. The van der Waals surface area contributed by atoms with Crippen molar-refractivity contribution in [2.24, 2.45) is 4.99 Å². The van der Waals surface area contributed by atoms with Gasteiger partial charge in [-0.2, -0.15) is 0 Å². The number of likely N-dealkylation sites (tertiary alicyclic amines) is 1. The SMILES string of the molecule is CCCN(CCNC(=NC)NC1CCN(C2CC2)CC1)C(=O)OC(C)(C)C. The molecule has 0 atom stereocenters. The molecule has 1 heterocycles. The number of hydrogen-bond acceptors (Lipinski definition) is 4. The number of aliphatic imine (C=N–C) groups is 1. The van der Waals surface area contributed by atoms with E-state index in [2.05, 4.69) is 27.4 Å². The van der Waals surface area contributed by atoms with Gasteiger partial charge in [0.2, 0.25) is 0 Å². The molecule has 0 aromatic heterocycles. The second-order valence-electron chi connectivity index (χ2n) is 8.65. The third kappa shape index (κ3) is 7.95. The van der Waals surface area contributed by atoms with Gasteiger partial charge in [-0.05, 0) is 52.9 Å². The number of guanidine groups is 1. The van der Waals surface area contributed by atoms with Crippen LogP contribution in [0.15, 0.2) is 4.99 Å². The molecule has 1 saturated heterocycles. The van der Waals surface area contributed by atoms with Crippen molar-refractivity contribution in [1.82, 2.24) is 20.4 Å². The average molecular weight is 382 g/mol. The highest BCUT2D eigenvalue weighted by Crippen LogP contribution is 2.29. The second-order valence-corrected chi connectivity index (χ2v) is 8.65. The minimum atomic E-state index is -0.469. The van der Waals surface area contributed by atoms with Crippen molar-refractivity contribution in [3.8, 4) is 0 Å². The first-order valence-electron chi connectivity index (χ1n) is 10.5. The molecule has 1 saturated carbocycles. The van der Waals surface area contributed by atoms with Crippen LogP contribution < -0.4 is 10.6 Å². The molecule has 1 aliphatic carbocycles. The molecular formula is C20H39N5O2. The van der Waals surface area contributed by atoms with E-state index in [1.54, 1.807) is 11.9 Å². The fourth-order valence-corrected chi connectivity index (χ4v) is 3.44. The van der Waals surface area contributed by atoms with Crippen molar-refractivity contribution in [2.45, 2.75) is 77.5 Å². The predicted molar refractivity (Wildman–Crippen MR) is 110 cm³/mol. The Morgan fingerprint density at radius 3 is 2.37 bits per heavy atom. The summed E-state index contributed by atoms with van der Waals surface area (Å²) in [7, 11) is 1.80. The van der Waals surface area contributed by atoms with Crippen LogP contribution in [0.4, 0.5) is 4.79 Å². The van der Waals surface area contributed by atoms with Crippen LogP contribution in [0.2, 0.25) is 0 Å². The summed E-state index contributed by atoms with van der Waals surface area (Å²) in [5, 5.41) is 6.88. The van der Waals surface area contributed by atoms with Gasteiger partial charge in [-0.25, -0.2) is 4.79 Å². The zero-order valence-electron chi connectivity index (χ0n) is 17.9. The minimum absolute atomic E-state index is 0.249. The predicted octanol–water partition coefficient (Wildman–Crippen LogP) is 2.43. The molecule has 27 heavy (non-hydrogen) atoms. The van der Waals surface area contributed by atoms with E-state index in [9.17, 15) is 4.79 Å². The number of carbonyl (C=O) groups is 1. The largest absolute Gasteiger partial charge is 0.444 e. The summed E-state index contributed by atoms with van der Waals surface area (Å²) in [6, 6.07) is 1.34.